The average Bonchev–Trinajstić information content (AvgIpc) is 3.55. The van der Waals surface area contributed by atoms with E-state index in [0.717, 1.165) is 39.1 Å². The molecule has 5 aromatic rings. The third-order valence-electron chi connectivity index (χ3n) is 5.04. The van der Waals surface area contributed by atoms with Gasteiger partial charge in [-0.3, -0.25) is 9.55 Å². The second-order valence-electron chi connectivity index (χ2n) is 7.46. The Bertz CT molecular complexity index is 1330. The first kappa shape index (κ1) is 20.3. The molecule has 32 heavy (non-hydrogen) atoms. The molecule has 0 bridgehead atoms. The molecule has 0 unspecified atom stereocenters. The van der Waals surface area contributed by atoms with Crippen molar-refractivity contribution >= 4 is 11.8 Å². The molecular formula is C24H21N5O2S. The van der Waals surface area contributed by atoms with Crippen molar-refractivity contribution in [2.24, 2.45) is 0 Å². The molecule has 0 amide bonds. The molecule has 0 saturated heterocycles. The van der Waals surface area contributed by atoms with E-state index in [4.69, 9.17) is 8.83 Å². The van der Waals surface area contributed by atoms with E-state index in [9.17, 15) is 0 Å². The molecule has 0 aliphatic carbocycles. The molecule has 4 aromatic heterocycles. The largest absolute Gasteiger partial charge is 0.467 e. The van der Waals surface area contributed by atoms with Gasteiger partial charge in [0, 0.05) is 29.3 Å². The van der Waals surface area contributed by atoms with Gasteiger partial charge >= 0.3 is 0 Å². The number of rotatable bonds is 7. The summed E-state index contributed by atoms with van der Waals surface area (Å²) < 4.78 is 13.4. The second-order valence-corrected chi connectivity index (χ2v) is 8.41. The van der Waals surface area contributed by atoms with Crippen LogP contribution in [0.3, 0.4) is 0 Å². The van der Waals surface area contributed by atoms with Crippen molar-refractivity contribution in [3.8, 4) is 22.8 Å². The van der Waals surface area contributed by atoms with Crippen molar-refractivity contribution in [3.05, 3.63) is 90.0 Å². The summed E-state index contributed by atoms with van der Waals surface area (Å²) in [6.07, 6.45) is 6.90. The normalized spacial score (nSPS) is 11.2. The van der Waals surface area contributed by atoms with Crippen molar-refractivity contribution in [1.29, 1.82) is 0 Å². The van der Waals surface area contributed by atoms with Crippen LogP contribution in [-0.2, 0) is 12.3 Å². The number of hydrogen-bond donors (Lipinski definition) is 0. The highest BCUT2D eigenvalue weighted by molar-refractivity contribution is 7.98. The van der Waals surface area contributed by atoms with Crippen LogP contribution in [0.25, 0.3) is 22.8 Å². The first-order valence-electron chi connectivity index (χ1n) is 10.2. The zero-order valence-corrected chi connectivity index (χ0v) is 18.5. The number of nitrogens with zero attached hydrogens (tertiary/aromatic N) is 5. The van der Waals surface area contributed by atoms with Gasteiger partial charge in [0.1, 0.15) is 12.0 Å². The van der Waals surface area contributed by atoms with Gasteiger partial charge in [0.2, 0.25) is 5.89 Å². The third kappa shape index (κ3) is 4.22. The van der Waals surface area contributed by atoms with Gasteiger partial charge in [-0.1, -0.05) is 29.5 Å². The van der Waals surface area contributed by atoms with Crippen LogP contribution >= 0.6 is 11.8 Å². The van der Waals surface area contributed by atoms with Gasteiger partial charge in [-0.15, -0.1) is 10.2 Å². The Balaban J connectivity index is 1.39. The fourth-order valence-electron chi connectivity index (χ4n) is 3.49. The maximum atomic E-state index is 5.76. The maximum Gasteiger partial charge on any atom is 0.226 e. The molecular weight excluding hydrogens is 422 g/mol. The van der Waals surface area contributed by atoms with Gasteiger partial charge in [-0.05, 0) is 49.7 Å². The molecule has 5 rings (SSSR count). The van der Waals surface area contributed by atoms with Gasteiger partial charge in [0.15, 0.2) is 11.0 Å². The Morgan fingerprint density at radius 3 is 2.75 bits per heavy atom. The van der Waals surface area contributed by atoms with E-state index < -0.39 is 0 Å². The highest BCUT2D eigenvalue weighted by Crippen LogP contribution is 2.29. The number of thioether (sulfide) groups is 1. The molecule has 0 N–H and O–H groups in total. The first-order valence-corrected chi connectivity index (χ1v) is 11.2. The Kier molecular flexibility index (Phi) is 5.60. The summed E-state index contributed by atoms with van der Waals surface area (Å²) >= 11 is 1.56. The SMILES string of the molecule is Cc1ccc(-c2nc(CSc3nnc(-c4cccnc4)n3Cc3ccco3)co2)c(C)c1. The smallest absolute Gasteiger partial charge is 0.226 e. The lowest BCUT2D eigenvalue weighted by atomic mass is 10.1. The summed E-state index contributed by atoms with van der Waals surface area (Å²) in [5.41, 5.74) is 5.11. The number of hydrogen-bond acceptors (Lipinski definition) is 7. The molecule has 0 saturated carbocycles. The van der Waals surface area contributed by atoms with Crippen molar-refractivity contribution < 1.29 is 8.83 Å². The van der Waals surface area contributed by atoms with Gasteiger partial charge in [-0.2, -0.15) is 0 Å². The number of furan rings is 1. The van der Waals surface area contributed by atoms with Crippen LogP contribution in [0.1, 0.15) is 22.6 Å². The number of aryl methyl sites for hydroxylation is 2. The van der Waals surface area contributed by atoms with Crippen LogP contribution in [-0.4, -0.2) is 24.7 Å². The predicted octanol–water partition coefficient (Wildman–Crippen LogP) is 5.55. The minimum absolute atomic E-state index is 0.527. The molecule has 0 atom stereocenters. The lowest BCUT2D eigenvalue weighted by molar-refractivity contribution is 0.485. The van der Waals surface area contributed by atoms with Gasteiger partial charge in [0.25, 0.3) is 0 Å². The molecule has 0 spiro atoms. The zero-order valence-electron chi connectivity index (χ0n) is 17.7. The highest BCUT2D eigenvalue weighted by Gasteiger charge is 2.17. The van der Waals surface area contributed by atoms with E-state index in [2.05, 4.69) is 46.1 Å². The van der Waals surface area contributed by atoms with Crippen LogP contribution in [0.15, 0.2) is 81.4 Å². The van der Waals surface area contributed by atoms with Gasteiger partial charge in [-0.25, -0.2) is 4.98 Å². The lowest BCUT2D eigenvalue weighted by Crippen LogP contribution is -2.03. The fraction of sp³-hybridized carbons (Fsp3) is 0.167. The molecule has 4 heterocycles. The molecule has 7 nitrogen and oxygen atoms in total. The summed E-state index contributed by atoms with van der Waals surface area (Å²) in [6.45, 7) is 4.67. The third-order valence-corrected chi connectivity index (χ3v) is 6.04. The lowest BCUT2D eigenvalue weighted by Gasteiger charge is -2.08. The predicted molar refractivity (Wildman–Crippen MR) is 122 cm³/mol. The first-order chi connectivity index (χ1) is 15.7. The van der Waals surface area contributed by atoms with Crippen molar-refractivity contribution in [3.63, 3.8) is 0 Å². The van der Waals surface area contributed by atoms with Crippen molar-refractivity contribution in [2.75, 3.05) is 0 Å². The van der Waals surface area contributed by atoms with Crippen molar-refractivity contribution in [1.82, 2.24) is 24.7 Å². The number of benzene rings is 1. The monoisotopic (exact) mass is 443 g/mol. The van der Waals surface area contributed by atoms with Gasteiger partial charge < -0.3 is 8.83 Å². The Labute approximate surface area is 189 Å². The van der Waals surface area contributed by atoms with Crippen LogP contribution in [0, 0.1) is 13.8 Å². The Hall–Kier alpha value is -3.65. The summed E-state index contributed by atoms with van der Waals surface area (Å²) in [5.74, 6) is 2.81. The fourth-order valence-corrected chi connectivity index (χ4v) is 4.31. The Morgan fingerprint density at radius 2 is 1.97 bits per heavy atom. The van der Waals surface area contributed by atoms with E-state index in [0.29, 0.717) is 18.2 Å². The molecule has 0 radical (unpaired) electrons. The van der Waals surface area contributed by atoms with Crippen molar-refractivity contribution in [2.45, 2.75) is 31.3 Å². The zero-order chi connectivity index (χ0) is 21.9. The molecule has 8 heteroatoms. The van der Waals surface area contributed by atoms with Crippen LogP contribution in [0.4, 0.5) is 0 Å². The summed E-state index contributed by atoms with van der Waals surface area (Å²) in [6, 6.07) is 13.9. The van der Waals surface area contributed by atoms with Gasteiger partial charge in [0.05, 0.1) is 18.5 Å². The van der Waals surface area contributed by atoms with Crippen LogP contribution in [0.5, 0.6) is 0 Å². The number of aromatic nitrogens is 5. The van der Waals surface area contributed by atoms with Crippen LogP contribution in [0.2, 0.25) is 0 Å². The number of pyridine rings is 1. The molecule has 0 aliphatic heterocycles. The minimum atomic E-state index is 0.527. The number of oxazole rings is 1. The van der Waals surface area contributed by atoms with E-state index in [1.54, 1.807) is 36.7 Å². The summed E-state index contributed by atoms with van der Waals surface area (Å²) in [7, 11) is 0. The quantitative estimate of drug-likeness (QED) is 0.305. The molecule has 0 aliphatic rings. The minimum Gasteiger partial charge on any atom is -0.467 e. The van der Waals surface area contributed by atoms with E-state index >= 15 is 0 Å². The maximum absolute atomic E-state index is 5.76. The second kappa shape index (κ2) is 8.84. The van der Waals surface area contributed by atoms with E-state index in [1.165, 1.54) is 5.56 Å². The highest BCUT2D eigenvalue weighted by atomic mass is 32.2. The van der Waals surface area contributed by atoms with E-state index in [-0.39, 0.29) is 0 Å². The molecule has 1 aromatic carbocycles. The van der Waals surface area contributed by atoms with E-state index in [1.807, 2.05) is 34.9 Å². The topological polar surface area (TPSA) is 82.8 Å². The van der Waals surface area contributed by atoms with Crippen LogP contribution < -0.4 is 0 Å². The Morgan fingerprint density at radius 1 is 1.03 bits per heavy atom. The molecule has 160 valence electrons. The summed E-state index contributed by atoms with van der Waals surface area (Å²) in [5, 5.41) is 9.62. The molecule has 0 fully saturated rings. The average molecular weight is 444 g/mol. The standard InChI is InChI=1S/C24H21N5O2S/c1-16-7-8-21(17(2)11-16)23-26-19(14-31-23)15-32-24-28-27-22(18-5-3-9-25-12-18)29(24)13-20-6-4-10-30-20/h3-12,14H,13,15H2,1-2H3. The summed E-state index contributed by atoms with van der Waals surface area (Å²) in [4.78, 5) is 8.90.